The predicted octanol–water partition coefficient (Wildman–Crippen LogP) is 2.77. The molecule has 4 rings (SSSR count). The van der Waals surface area contributed by atoms with Gasteiger partial charge < -0.3 is 14.4 Å². The zero-order chi connectivity index (χ0) is 19.0. The van der Waals surface area contributed by atoms with E-state index in [0.29, 0.717) is 24.3 Å². The van der Waals surface area contributed by atoms with Crippen LogP contribution >= 0.6 is 0 Å². The summed E-state index contributed by atoms with van der Waals surface area (Å²) in [6.07, 6.45) is 0. The van der Waals surface area contributed by atoms with Crippen molar-refractivity contribution in [1.82, 2.24) is 4.57 Å². The van der Waals surface area contributed by atoms with Crippen molar-refractivity contribution in [1.29, 1.82) is 0 Å². The van der Waals surface area contributed by atoms with Crippen LogP contribution in [0.5, 0.6) is 0 Å². The number of aryl methyl sites for hydroxylation is 1. The first kappa shape index (κ1) is 17.1. The maximum Gasteiger partial charge on any atom is 0.357 e. The van der Waals surface area contributed by atoms with Crippen LogP contribution in [-0.4, -0.2) is 35.7 Å². The van der Waals surface area contributed by atoms with Gasteiger partial charge in [0, 0.05) is 44.3 Å². The highest BCUT2D eigenvalue weighted by Gasteiger charge is 2.30. The summed E-state index contributed by atoms with van der Waals surface area (Å²) in [4.78, 5) is 28.1. The highest BCUT2D eigenvalue weighted by molar-refractivity contribution is 5.96. The Morgan fingerprint density at radius 1 is 0.889 bits per heavy atom. The van der Waals surface area contributed by atoms with E-state index in [0.717, 1.165) is 24.2 Å². The quantitative estimate of drug-likeness (QED) is 0.528. The van der Waals surface area contributed by atoms with Crippen LogP contribution in [0.2, 0.25) is 0 Å². The smallest absolute Gasteiger partial charge is 0.357 e. The van der Waals surface area contributed by atoms with Crippen molar-refractivity contribution in [2.45, 2.75) is 0 Å². The molecule has 7 heteroatoms. The summed E-state index contributed by atoms with van der Waals surface area (Å²) in [7, 11) is 1.58. The molecule has 2 aromatic carbocycles. The number of hydrogen-bond acceptors (Lipinski definition) is 5. The third kappa shape index (κ3) is 2.91. The zero-order valence-electron chi connectivity index (χ0n) is 15.0. The Morgan fingerprint density at radius 2 is 1.48 bits per heavy atom. The number of anilines is 2. The molecule has 3 aromatic rings. The highest BCUT2D eigenvalue weighted by atomic mass is 16.6. The second-order valence-electron chi connectivity index (χ2n) is 6.65. The van der Waals surface area contributed by atoms with E-state index in [1.54, 1.807) is 7.05 Å². The Balaban J connectivity index is 1.76. The topological polar surface area (TPSA) is 71.6 Å². The molecule has 0 saturated carbocycles. The van der Waals surface area contributed by atoms with Crippen LogP contribution < -0.4 is 15.4 Å². The van der Waals surface area contributed by atoms with E-state index in [1.807, 2.05) is 47.4 Å². The molecule has 1 aliphatic rings. The standard InChI is InChI=1S/C20H20N4O3/c1-21-17-10-6-5-9-16(17)18(19(20(21)25)24(26)27)23-13-11-22(12-14-23)15-7-3-2-4-8-15/h2-10H,11-14H2,1H3. The van der Waals surface area contributed by atoms with Crippen molar-refractivity contribution in [3.05, 3.63) is 75.1 Å². The molecule has 0 atom stereocenters. The van der Waals surface area contributed by atoms with Gasteiger partial charge in [-0.3, -0.25) is 14.9 Å². The molecule has 0 aliphatic carbocycles. The molecule has 1 fully saturated rings. The molecule has 0 bridgehead atoms. The van der Waals surface area contributed by atoms with E-state index in [9.17, 15) is 14.9 Å². The summed E-state index contributed by atoms with van der Waals surface area (Å²) in [6.45, 7) is 2.72. The van der Waals surface area contributed by atoms with Gasteiger partial charge in [-0.25, -0.2) is 0 Å². The molecule has 138 valence electrons. The summed E-state index contributed by atoms with van der Waals surface area (Å²) < 4.78 is 1.36. The normalized spacial score (nSPS) is 14.6. The minimum absolute atomic E-state index is 0.343. The lowest BCUT2D eigenvalue weighted by Gasteiger charge is -2.37. The van der Waals surface area contributed by atoms with Gasteiger partial charge in [-0.1, -0.05) is 36.4 Å². The number of benzene rings is 2. The van der Waals surface area contributed by atoms with E-state index in [2.05, 4.69) is 17.0 Å². The zero-order valence-corrected chi connectivity index (χ0v) is 15.0. The van der Waals surface area contributed by atoms with E-state index in [-0.39, 0.29) is 5.69 Å². The van der Waals surface area contributed by atoms with E-state index < -0.39 is 10.5 Å². The van der Waals surface area contributed by atoms with Gasteiger partial charge in [-0.15, -0.1) is 0 Å². The average molecular weight is 364 g/mol. The molecule has 0 spiro atoms. The maximum atomic E-state index is 12.7. The van der Waals surface area contributed by atoms with Gasteiger partial charge in [-0.2, -0.15) is 0 Å². The van der Waals surface area contributed by atoms with E-state index in [4.69, 9.17) is 0 Å². The Labute approximate surface area is 156 Å². The Morgan fingerprint density at radius 3 is 2.15 bits per heavy atom. The number of aromatic nitrogens is 1. The maximum absolute atomic E-state index is 12.7. The fourth-order valence-electron chi connectivity index (χ4n) is 3.78. The molecule has 27 heavy (non-hydrogen) atoms. The summed E-state index contributed by atoms with van der Waals surface area (Å²) in [6, 6.07) is 17.5. The van der Waals surface area contributed by atoms with Crippen molar-refractivity contribution in [2.75, 3.05) is 36.0 Å². The molecule has 1 aromatic heterocycles. The van der Waals surface area contributed by atoms with Crippen molar-refractivity contribution in [2.24, 2.45) is 7.05 Å². The SMILES string of the molecule is Cn1c(=O)c([N+](=O)[O-])c(N2CCN(c3ccccc3)CC2)c2ccccc21. The number of piperazine rings is 1. The summed E-state index contributed by atoms with van der Waals surface area (Å²) in [5.41, 5.74) is 1.36. The van der Waals surface area contributed by atoms with Crippen molar-refractivity contribution in [3.8, 4) is 0 Å². The Hall–Kier alpha value is -3.35. The molecule has 0 N–H and O–H groups in total. The van der Waals surface area contributed by atoms with Crippen LogP contribution in [0.1, 0.15) is 0 Å². The first-order chi connectivity index (χ1) is 13.1. The lowest BCUT2D eigenvalue weighted by Crippen LogP contribution is -2.47. The number of pyridine rings is 1. The van der Waals surface area contributed by atoms with Gasteiger partial charge in [0.1, 0.15) is 5.69 Å². The lowest BCUT2D eigenvalue weighted by molar-refractivity contribution is -0.385. The minimum Gasteiger partial charge on any atom is -0.368 e. The van der Waals surface area contributed by atoms with Gasteiger partial charge in [0.15, 0.2) is 0 Å². The number of rotatable bonds is 3. The second kappa shape index (κ2) is 6.75. The Bertz CT molecular complexity index is 1050. The summed E-state index contributed by atoms with van der Waals surface area (Å²) >= 11 is 0. The fourth-order valence-corrected chi connectivity index (χ4v) is 3.78. The summed E-state index contributed by atoms with van der Waals surface area (Å²) in [5, 5.41) is 12.5. The molecule has 2 heterocycles. The molecule has 1 aliphatic heterocycles. The monoisotopic (exact) mass is 364 g/mol. The molecule has 7 nitrogen and oxygen atoms in total. The van der Waals surface area contributed by atoms with E-state index in [1.165, 1.54) is 4.57 Å². The first-order valence-corrected chi connectivity index (χ1v) is 8.89. The highest BCUT2D eigenvalue weighted by Crippen LogP contribution is 2.34. The number of para-hydroxylation sites is 2. The van der Waals surface area contributed by atoms with Gasteiger partial charge in [-0.05, 0) is 18.2 Å². The van der Waals surface area contributed by atoms with Gasteiger partial charge in [0.2, 0.25) is 0 Å². The molecule has 0 unspecified atom stereocenters. The van der Waals surface area contributed by atoms with Crippen LogP contribution in [0.15, 0.2) is 59.4 Å². The number of hydrogen-bond donors (Lipinski definition) is 0. The van der Waals surface area contributed by atoms with Gasteiger partial charge >= 0.3 is 11.2 Å². The second-order valence-corrected chi connectivity index (χ2v) is 6.65. The van der Waals surface area contributed by atoms with E-state index >= 15 is 0 Å². The van der Waals surface area contributed by atoms with Crippen LogP contribution in [0.4, 0.5) is 17.1 Å². The van der Waals surface area contributed by atoms with Crippen LogP contribution in [-0.2, 0) is 7.05 Å². The third-order valence-electron chi connectivity index (χ3n) is 5.15. The largest absolute Gasteiger partial charge is 0.368 e. The average Bonchev–Trinajstić information content (AvgIpc) is 2.71. The Kier molecular flexibility index (Phi) is 4.27. The molecule has 0 radical (unpaired) electrons. The minimum atomic E-state index is -0.570. The lowest BCUT2D eigenvalue weighted by atomic mass is 10.1. The molecule has 0 amide bonds. The molecule has 1 saturated heterocycles. The van der Waals surface area contributed by atoms with Gasteiger partial charge in [0.05, 0.1) is 10.4 Å². The first-order valence-electron chi connectivity index (χ1n) is 8.89. The molecular formula is C20H20N4O3. The number of nitro groups is 1. The third-order valence-corrected chi connectivity index (χ3v) is 5.15. The van der Waals surface area contributed by atoms with Crippen molar-refractivity contribution in [3.63, 3.8) is 0 Å². The summed E-state index contributed by atoms with van der Waals surface area (Å²) in [5.74, 6) is 0. The fraction of sp³-hybridized carbons (Fsp3) is 0.250. The number of nitrogens with zero attached hydrogens (tertiary/aromatic N) is 4. The van der Waals surface area contributed by atoms with Crippen molar-refractivity contribution >= 4 is 28.0 Å². The van der Waals surface area contributed by atoms with Crippen LogP contribution in [0, 0.1) is 10.1 Å². The number of fused-ring (bicyclic) bond motifs is 1. The predicted molar refractivity (Wildman–Crippen MR) is 107 cm³/mol. The van der Waals surface area contributed by atoms with Gasteiger partial charge in [0.25, 0.3) is 0 Å². The van der Waals surface area contributed by atoms with Crippen LogP contribution in [0.25, 0.3) is 10.9 Å². The van der Waals surface area contributed by atoms with Crippen molar-refractivity contribution < 1.29 is 4.92 Å². The molecular weight excluding hydrogens is 344 g/mol. The van der Waals surface area contributed by atoms with Crippen LogP contribution in [0.3, 0.4) is 0 Å².